The van der Waals surface area contributed by atoms with Gasteiger partial charge in [-0.25, -0.2) is 0 Å². The van der Waals surface area contributed by atoms with E-state index in [9.17, 15) is 4.79 Å². The molecule has 2 heterocycles. The summed E-state index contributed by atoms with van der Waals surface area (Å²) in [6.07, 6.45) is 1.75. The summed E-state index contributed by atoms with van der Waals surface area (Å²) < 4.78 is 11.9. The zero-order valence-electron chi connectivity index (χ0n) is 13.6. The van der Waals surface area contributed by atoms with E-state index >= 15 is 0 Å². The summed E-state index contributed by atoms with van der Waals surface area (Å²) in [6.45, 7) is 6.12. The number of allylic oxidation sites excluding steroid dienone is 1. The molecule has 0 aliphatic heterocycles. The number of aryl methyl sites for hydroxylation is 1. The summed E-state index contributed by atoms with van der Waals surface area (Å²) >= 11 is 1.27. The highest BCUT2D eigenvalue weighted by molar-refractivity contribution is 7.99. The number of nitrogens with zero attached hydrogens (tertiary/aromatic N) is 5. The Balaban J connectivity index is 2.00. The van der Waals surface area contributed by atoms with E-state index < -0.39 is 0 Å². The number of carbonyl (C=O) groups is 1. The van der Waals surface area contributed by atoms with E-state index in [1.807, 2.05) is 11.5 Å². The van der Waals surface area contributed by atoms with Gasteiger partial charge in [0.25, 0.3) is 0 Å². The van der Waals surface area contributed by atoms with Crippen LogP contribution in [0.5, 0.6) is 11.8 Å². The van der Waals surface area contributed by atoms with Crippen LogP contribution in [0.4, 0.5) is 5.95 Å². The Morgan fingerprint density at radius 1 is 1.33 bits per heavy atom. The molecule has 9 nitrogen and oxygen atoms in total. The predicted molar refractivity (Wildman–Crippen MR) is 89.4 cm³/mol. The fraction of sp³-hybridized carbons (Fsp3) is 0.357. The third kappa shape index (κ3) is 4.44. The standard InChI is InChI=1S/C14H18N6O3S/c1-5-6-20-9(2)18-19-14(20)24-8-10(21)15-13-16-11(22-3)7-12(17-13)23-4/h5,7H,1,6,8H2,2-4H3,(H,15,16,17,21). The Morgan fingerprint density at radius 3 is 2.58 bits per heavy atom. The van der Waals surface area contributed by atoms with Crippen LogP contribution in [0, 0.1) is 6.92 Å². The molecule has 0 atom stereocenters. The zero-order valence-corrected chi connectivity index (χ0v) is 14.5. The Kier molecular flexibility index (Phi) is 6.13. The van der Waals surface area contributed by atoms with E-state index in [2.05, 4.69) is 32.1 Å². The van der Waals surface area contributed by atoms with Gasteiger partial charge in [0.1, 0.15) is 5.82 Å². The second kappa shape index (κ2) is 8.29. The maximum absolute atomic E-state index is 12.1. The first-order valence-corrected chi connectivity index (χ1v) is 7.96. The van der Waals surface area contributed by atoms with Gasteiger partial charge in [-0.1, -0.05) is 17.8 Å². The van der Waals surface area contributed by atoms with Gasteiger partial charge in [-0.2, -0.15) is 9.97 Å². The monoisotopic (exact) mass is 350 g/mol. The number of nitrogens with one attached hydrogen (secondary N) is 1. The van der Waals surface area contributed by atoms with Crippen molar-refractivity contribution in [2.45, 2.75) is 18.6 Å². The first-order valence-electron chi connectivity index (χ1n) is 6.97. The van der Waals surface area contributed by atoms with Crippen LogP contribution in [-0.2, 0) is 11.3 Å². The molecular weight excluding hydrogens is 332 g/mol. The highest BCUT2D eigenvalue weighted by Crippen LogP contribution is 2.19. The number of anilines is 1. The predicted octanol–water partition coefficient (Wildman–Crippen LogP) is 1.31. The lowest BCUT2D eigenvalue weighted by molar-refractivity contribution is -0.113. The highest BCUT2D eigenvalue weighted by Gasteiger charge is 2.13. The minimum atomic E-state index is -0.277. The number of aromatic nitrogens is 5. The van der Waals surface area contributed by atoms with Gasteiger partial charge in [0.2, 0.25) is 23.6 Å². The van der Waals surface area contributed by atoms with Crippen LogP contribution in [0.3, 0.4) is 0 Å². The molecule has 0 saturated heterocycles. The van der Waals surface area contributed by atoms with Gasteiger partial charge in [0, 0.05) is 6.54 Å². The average Bonchev–Trinajstić information content (AvgIpc) is 2.93. The van der Waals surface area contributed by atoms with Crippen molar-refractivity contribution in [3.8, 4) is 11.8 Å². The van der Waals surface area contributed by atoms with Crippen molar-refractivity contribution in [1.82, 2.24) is 24.7 Å². The van der Waals surface area contributed by atoms with Crippen molar-refractivity contribution in [2.24, 2.45) is 0 Å². The molecule has 0 aliphatic carbocycles. The fourth-order valence-electron chi connectivity index (χ4n) is 1.77. The highest BCUT2D eigenvalue weighted by atomic mass is 32.2. The lowest BCUT2D eigenvalue weighted by atomic mass is 10.6. The third-order valence-electron chi connectivity index (χ3n) is 2.89. The molecule has 0 fully saturated rings. The number of hydrogen-bond donors (Lipinski definition) is 1. The number of rotatable bonds is 8. The van der Waals surface area contributed by atoms with Crippen molar-refractivity contribution in [3.63, 3.8) is 0 Å². The van der Waals surface area contributed by atoms with Gasteiger partial charge in [-0.3, -0.25) is 10.1 Å². The first-order chi connectivity index (χ1) is 11.6. The van der Waals surface area contributed by atoms with Crippen LogP contribution in [0.15, 0.2) is 23.9 Å². The summed E-state index contributed by atoms with van der Waals surface area (Å²) in [6, 6.07) is 1.52. The van der Waals surface area contributed by atoms with Crippen LogP contribution < -0.4 is 14.8 Å². The molecule has 0 unspecified atom stereocenters. The summed E-state index contributed by atoms with van der Waals surface area (Å²) in [5.41, 5.74) is 0. The number of ether oxygens (including phenoxy) is 2. The molecule has 0 aliphatic rings. The Labute approximate surface area is 143 Å². The number of methoxy groups -OCH3 is 2. The third-order valence-corrected chi connectivity index (χ3v) is 3.86. The van der Waals surface area contributed by atoms with E-state index in [1.165, 1.54) is 32.0 Å². The normalized spacial score (nSPS) is 10.3. The van der Waals surface area contributed by atoms with Crippen molar-refractivity contribution in [2.75, 3.05) is 25.3 Å². The maximum Gasteiger partial charge on any atom is 0.237 e. The minimum Gasteiger partial charge on any atom is -0.481 e. The fourth-order valence-corrected chi connectivity index (χ4v) is 2.56. The van der Waals surface area contributed by atoms with E-state index in [0.717, 1.165) is 5.82 Å². The molecule has 0 aromatic carbocycles. The molecule has 24 heavy (non-hydrogen) atoms. The first kappa shape index (κ1) is 17.7. The van der Waals surface area contributed by atoms with Crippen molar-refractivity contribution < 1.29 is 14.3 Å². The van der Waals surface area contributed by atoms with Crippen molar-refractivity contribution >= 4 is 23.6 Å². The Morgan fingerprint density at radius 2 is 2.00 bits per heavy atom. The quantitative estimate of drug-likeness (QED) is 0.561. The molecule has 0 spiro atoms. The van der Waals surface area contributed by atoms with Gasteiger partial charge >= 0.3 is 0 Å². The number of hydrogen-bond acceptors (Lipinski definition) is 8. The summed E-state index contributed by atoms with van der Waals surface area (Å²) in [5, 5.41) is 11.3. The topological polar surface area (TPSA) is 104 Å². The number of carbonyl (C=O) groups excluding carboxylic acids is 1. The molecule has 10 heteroatoms. The van der Waals surface area contributed by atoms with Gasteiger partial charge in [-0.05, 0) is 6.92 Å². The van der Waals surface area contributed by atoms with E-state index in [4.69, 9.17) is 9.47 Å². The number of thioether (sulfide) groups is 1. The number of amides is 1. The van der Waals surface area contributed by atoms with Crippen LogP contribution in [0.25, 0.3) is 0 Å². The van der Waals surface area contributed by atoms with E-state index in [0.29, 0.717) is 23.5 Å². The van der Waals surface area contributed by atoms with Gasteiger partial charge in [0.05, 0.1) is 26.0 Å². The second-order valence-electron chi connectivity index (χ2n) is 4.54. The zero-order chi connectivity index (χ0) is 17.5. The van der Waals surface area contributed by atoms with Crippen LogP contribution in [0.2, 0.25) is 0 Å². The van der Waals surface area contributed by atoms with Gasteiger partial charge in [0.15, 0.2) is 5.16 Å². The Bertz CT molecular complexity index is 711. The SMILES string of the molecule is C=CCn1c(C)nnc1SCC(=O)Nc1nc(OC)cc(OC)n1. The maximum atomic E-state index is 12.1. The van der Waals surface area contributed by atoms with Crippen molar-refractivity contribution in [1.29, 1.82) is 0 Å². The second-order valence-corrected chi connectivity index (χ2v) is 5.48. The molecule has 0 bridgehead atoms. The smallest absolute Gasteiger partial charge is 0.237 e. The molecule has 2 rings (SSSR count). The molecule has 128 valence electrons. The Hall–Kier alpha value is -2.62. The van der Waals surface area contributed by atoms with Crippen LogP contribution >= 0.6 is 11.8 Å². The summed E-state index contributed by atoms with van der Waals surface area (Å²) in [7, 11) is 2.94. The lowest BCUT2D eigenvalue weighted by Gasteiger charge is -2.08. The largest absolute Gasteiger partial charge is 0.481 e. The van der Waals surface area contributed by atoms with Crippen molar-refractivity contribution in [3.05, 3.63) is 24.5 Å². The minimum absolute atomic E-state index is 0.112. The van der Waals surface area contributed by atoms with Crippen LogP contribution in [0.1, 0.15) is 5.82 Å². The molecule has 1 amide bonds. The van der Waals surface area contributed by atoms with E-state index in [1.54, 1.807) is 6.08 Å². The summed E-state index contributed by atoms with van der Waals surface area (Å²) in [5.74, 6) is 1.33. The molecule has 0 saturated carbocycles. The average molecular weight is 350 g/mol. The molecule has 2 aromatic rings. The summed E-state index contributed by atoms with van der Waals surface area (Å²) in [4.78, 5) is 20.2. The van der Waals surface area contributed by atoms with E-state index in [-0.39, 0.29) is 17.6 Å². The van der Waals surface area contributed by atoms with Gasteiger partial charge < -0.3 is 14.0 Å². The molecule has 1 N–H and O–H groups in total. The van der Waals surface area contributed by atoms with Gasteiger partial charge in [-0.15, -0.1) is 16.8 Å². The molecule has 0 radical (unpaired) electrons. The molecular formula is C14H18N6O3S. The van der Waals surface area contributed by atoms with Crippen LogP contribution in [-0.4, -0.2) is 50.6 Å². The molecule has 2 aromatic heterocycles. The lowest BCUT2D eigenvalue weighted by Crippen LogP contribution is -2.17.